The van der Waals surface area contributed by atoms with Crippen molar-refractivity contribution in [2.75, 3.05) is 0 Å². The third-order valence-electron chi connectivity index (χ3n) is 3.07. The first-order valence-corrected chi connectivity index (χ1v) is 6.67. The average molecular weight is 256 g/mol. The van der Waals surface area contributed by atoms with Crippen LogP contribution in [-0.4, -0.2) is 11.1 Å². The van der Waals surface area contributed by atoms with Crippen LogP contribution in [-0.2, 0) is 11.2 Å². The Morgan fingerprint density at radius 3 is 2.67 bits per heavy atom. The minimum atomic E-state index is -0.745. The van der Waals surface area contributed by atoms with Gasteiger partial charge in [0, 0.05) is 26.6 Å². The number of aryl methyl sites for hydroxylation is 1. The van der Waals surface area contributed by atoms with Gasteiger partial charge in [0.25, 0.3) is 0 Å². The predicted molar refractivity (Wildman–Crippen MR) is 75.3 cm³/mol. The lowest BCUT2D eigenvalue weighted by Crippen LogP contribution is -1.96. The predicted octanol–water partition coefficient (Wildman–Crippen LogP) is 4.07. The van der Waals surface area contributed by atoms with Gasteiger partial charge in [-0.15, -0.1) is 11.3 Å². The van der Waals surface area contributed by atoms with Gasteiger partial charge in [-0.05, 0) is 30.2 Å². The number of carboxylic acids is 1. The average Bonchev–Trinajstić information content (AvgIpc) is 2.74. The van der Waals surface area contributed by atoms with Gasteiger partial charge < -0.3 is 5.11 Å². The molecule has 0 aliphatic heterocycles. The van der Waals surface area contributed by atoms with Crippen molar-refractivity contribution < 1.29 is 9.90 Å². The summed E-state index contributed by atoms with van der Waals surface area (Å²) in [6.07, 6.45) is 0.781. The fourth-order valence-corrected chi connectivity index (χ4v) is 3.27. The van der Waals surface area contributed by atoms with E-state index in [1.54, 1.807) is 11.3 Å². The molecule has 0 radical (unpaired) electrons. The Kier molecular flexibility index (Phi) is 2.76. The van der Waals surface area contributed by atoms with Gasteiger partial charge in [-0.2, -0.15) is 0 Å². The summed E-state index contributed by atoms with van der Waals surface area (Å²) < 4.78 is 2.54. The van der Waals surface area contributed by atoms with Crippen LogP contribution in [0, 0.1) is 0 Å². The fourth-order valence-electron chi connectivity index (χ4n) is 2.18. The normalized spacial score (nSPS) is 11.1. The third-order valence-corrected chi connectivity index (χ3v) is 4.22. The van der Waals surface area contributed by atoms with Crippen molar-refractivity contribution in [1.29, 1.82) is 0 Å². The molecular weight excluding hydrogens is 244 g/mol. The third kappa shape index (κ3) is 1.97. The fraction of sp³-hybridized carbons (Fsp3) is 0.133. The van der Waals surface area contributed by atoms with E-state index in [1.165, 1.54) is 20.2 Å². The zero-order valence-corrected chi connectivity index (χ0v) is 10.5. The molecule has 3 rings (SSSR count). The maximum absolute atomic E-state index is 10.6. The molecule has 1 N–H and O–H groups in total. The van der Waals surface area contributed by atoms with Crippen molar-refractivity contribution in [3.05, 3.63) is 48.0 Å². The Labute approximate surface area is 108 Å². The first-order chi connectivity index (χ1) is 8.74. The Morgan fingerprint density at radius 1 is 1.06 bits per heavy atom. The zero-order chi connectivity index (χ0) is 12.5. The molecule has 0 saturated heterocycles. The molecule has 0 fully saturated rings. The first kappa shape index (κ1) is 11.2. The highest BCUT2D eigenvalue weighted by molar-refractivity contribution is 7.25. The molecule has 0 spiro atoms. The highest BCUT2D eigenvalue weighted by Gasteiger charge is 2.06. The van der Waals surface area contributed by atoms with Crippen molar-refractivity contribution in [2.24, 2.45) is 0 Å². The smallest absolute Gasteiger partial charge is 0.303 e. The number of rotatable bonds is 3. The van der Waals surface area contributed by atoms with Gasteiger partial charge in [0.05, 0.1) is 0 Å². The summed E-state index contributed by atoms with van der Waals surface area (Å²) in [5.41, 5.74) is 1.09. The molecule has 1 aromatic heterocycles. The molecule has 0 bridgehead atoms. The van der Waals surface area contributed by atoms with Crippen molar-refractivity contribution in [3.63, 3.8) is 0 Å². The quantitative estimate of drug-likeness (QED) is 0.767. The molecule has 90 valence electrons. The van der Waals surface area contributed by atoms with Gasteiger partial charge in [0.2, 0.25) is 0 Å². The lowest BCUT2D eigenvalue weighted by atomic mass is 10.1. The van der Waals surface area contributed by atoms with E-state index in [2.05, 4.69) is 24.3 Å². The molecule has 1 heterocycles. The van der Waals surface area contributed by atoms with Crippen molar-refractivity contribution in [3.8, 4) is 0 Å². The van der Waals surface area contributed by atoms with Crippen molar-refractivity contribution in [2.45, 2.75) is 12.8 Å². The maximum Gasteiger partial charge on any atom is 0.303 e. The number of aliphatic carboxylic acids is 1. The van der Waals surface area contributed by atoms with Gasteiger partial charge in [-0.3, -0.25) is 4.79 Å². The van der Waals surface area contributed by atoms with E-state index < -0.39 is 5.97 Å². The Morgan fingerprint density at radius 2 is 1.83 bits per heavy atom. The molecule has 0 amide bonds. The second kappa shape index (κ2) is 4.42. The van der Waals surface area contributed by atoms with E-state index in [4.69, 9.17) is 5.11 Å². The van der Waals surface area contributed by atoms with Crippen LogP contribution in [0.5, 0.6) is 0 Å². The standard InChI is InChI=1S/C15H12O2S/c16-15(17)8-6-10-5-7-14-12(9-10)11-3-1-2-4-13(11)18-14/h1-5,7,9H,6,8H2,(H,16,17). The van der Waals surface area contributed by atoms with Crippen LogP contribution in [0.25, 0.3) is 20.2 Å². The van der Waals surface area contributed by atoms with E-state index in [0.717, 1.165) is 5.56 Å². The molecular formula is C15H12O2S. The van der Waals surface area contributed by atoms with Crippen LogP contribution in [0.2, 0.25) is 0 Å². The summed E-state index contributed by atoms with van der Waals surface area (Å²) >= 11 is 1.78. The van der Waals surface area contributed by atoms with Crippen LogP contribution in [0.15, 0.2) is 42.5 Å². The van der Waals surface area contributed by atoms with Crippen molar-refractivity contribution >= 4 is 37.5 Å². The first-order valence-electron chi connectivity index (χ1n) is 5.86. The zero-order valence-electron chi connectivity index (χ0n) is 9.72. The molecule has 0 aliphatic rings. The monoisotopic (exact) mass is 256 g/mol. The van der Waals surface area contributed by atoms with Crippen LogP contribution in [0.3, 0.4) is 0 Å². The summed E-state index contributed by atoms with van der Waals surface area (Å²) in [6.45, 7) is 0. The largest absolute Gasteiger partial charge is 0.481 e. The van der Waals surface area contributed by atoms with Crippen LogP contribution in [0.4, 0.5) is 0 Å². The number of benzene rings is 2. The van der Waals surface area contributed by atoms with Crippen LogP contribution >= 0.6 is 11.3 Å². The molecule has 0 saturated carbocycles. The minimum absolute atomic E-state index is 0.188. The molecule has 0 aliphatic carbocycles. The minimum Gasteiger partial charge on any atom is -0.481 e. The van der Waals surface area contributed by atoms with Gasteiger partial charge >= 0.3 is 5.97 Å². The molecule has 18 heavy (non-hydrogen) atoms. The number of carbonyl (C=O) groups is 1. The van der Waals surface area contributed by atoms with Crippen LogP contribution < -0.4 is 0 Å². The summed E-state index contributed by atoms with van der Waals surface area (Å²) in [5.74, 6) is -0.745. The number of hydrogen-bond donors (Lipinski definition) is 1. The molecule has 2 nitrogen and oxygen atoms in total. The number of hydrogen-bond acceptors (Lipinski definition) is 2. The lowest BCUT2D eigenvalue weighted by molar-refractivity contribution is -0.136. The van der Waals surface area contributed by atoms with E-state index >= 15 is 0 Å². The van der Waals surface area contributed by atoms with Crippen LogP contribution in [0.1, 0.15) is 12.0 Å². The molecule has 3 heteroatoms. The van der Waals surface area contributed by atoms with E-state index in [-0.39, 0.29) is 6.42 Å². The maximum atomic E-state index is 10.6. The van der Waals surface area contributed by atoms with E-state index in [9.17, 15) is 4.79 Å². The second-order valence-electron chi connectivity index (χ2n) is 4.32. The van der Waals surface area contributed by atoms with E-state index in [1.807, 2.05) is 18.2 Å². The summed E-state index contributed by atoms with van der Waals surface area (Å²) in [5, 5.41) is 11.2. The molecule has 0 atom stereocenters. The SMILES string of the molecule is O=C(O)CCc1ccc2sc3ccccc3c2c1. The van der Waals surface area contributed by atoms with E-state index in [0.29, 0.717) is 6.42 Å². The molecule has 2 aromatic carbocycles. The second-order valence-corrected chi connectivity index (χ2v) is 5.41. The summed E-state index contributed by atoms with van der Waals surface area (Å²) in [6, 6.07) is 14.6. The van der Waals surface area contributed by atoms with Gasteiger partial charge in [-0.1, -0.05) is 24.3 Å². The van der Waals surface area contributed by atoms with Gasteiger partial charge in [0.15, 0.2) is 0 Å². The number of carboxylic acid groups (broad SMARTS) is 1. The van der Waals surface area contributed by atoms with Gasteiger partial charge in [0.1, 0.15) is 0 Å². The Hall–Kier alpha value is -1.87. The lowest BCUT2D eigenvalue weighted by Gasteiger charge is -1.99. The number of fused-ring (bicyclic) bond motifs is 3. The Balaban J connectivity index is 2.09. The Bertz CT molecular complexity index is 728. The highest BCUT2D eigenvalue weighted by Crippen LogP contribution is 2.34. The van der Waals surface area contributed by atoms with Gasteiger partial charge in [-0.25, -0.2) is 0 Å². The molecule has 3 aromatic rings. The molecule has 0 unspecified atom stereocenters. The summed E-state index contributed by atoms with van der Waals surface area (Å²) in [4.78, 5) is 10.6. The van der Waals surface area contributed by atoms with Crippen molar-refractivity contribution in [1.82, 2.24) is 0 Å². The highest BCUT2D eigenvalue weighted by atomic mass is 32.1. The summed E-state index contributed by atoms with van der Waals surface area (Å²) in [7, 11) is 0. The topological polar surface area (TPSA) is 37.3 Å². The number of thiophene rings is 1.